The Kier molecular flexibility index (Phi) is 3.03. The molecule has 1 aromatic rings. The van der Waals surface area contributed by atoms with E-state index in [2.05, 4.69) is 0 Å². The highest BCUT2D eigenvalue weighted by Crippen LogP contribution is 2.06. The Morgan fingerprint density at radius 2 is 2.33 bits per heavy atom. The van der Waals surface area contributed by atoms with Crippen molar-refractivity contribution < 1.29 is 9.18 Å². The standard InChI is InChI=1S/C9H10BFO/c1-10-6-9(12)7-3-2-4-8(11)5-7/h2-5,10H,6H2,1H3. The topological polar surface area (TPSA) is 17.1 Å². The van der Waals surface area contributed by atoms with Gasteiger partial charge in [0.1, 0.15) is 13.1 Å². The second-order valence-corrected chi connectivity index (χ2v) is 2.68. The number of rotatable bonds is 3. The van der Waals surface area contributed by atoms with Crippen LogP contribution in [0, 0.1) is 5.82 Å². The number of carbonyl (C=O) groups is 1. The maximum Gasteiger partial charge on any atom is 0.155 e. The Morgan fingerprint density at radius 1 is 1.58 bits per heavy atom. The van der Waals surface area contributed by atoms with Crippen molar-refractivity contribution >= 4 is 13.1 Å². The highest BCUT2D eigenvalue weighted by Gasteiger charge is 2.04. The molecule has 0 heterocycles. The predicted molar refractivity (Wildman–Crippen MR) is 48.6 cm³/mol. The molecule has 0 spiro atoms. The van der Waals surface area contributed by atoms with Gasteiger partial charge in [-0.2, -0.15) is 0 Å². The number of ketones is 1. The van der Waals surface area contributed by atoms with E-state index in [-0.39, 0.29) is 11.6 Å². The summed E-state index contributed by atoms with van der Waals surface area (Å²) in [6, 6.07) is 5.81. The van der Waals surface area contributed by atoms with Crippen LogP contribution in [-0.4, -0.2) is 13.1 Å². The SMILES string of the molecule is CBCC(=O)c1cccc(F)c1. The highest BCUT2D eigenvalue weighted by molar-refractivity contribution is 6.41. The molecule has 62 valence electrons. The minimum absolute atomic E-state index is 0.0111. The lowest BCUT2D eigenvalue weighted by atomic mass is 9.75. The van der Waals surface area contributed by atoms with Gasteiger partial charge in [-0.25, -0.2) is 4.39 Å². The van der Waals surface area contributed by atoms with Crippen molar-refractivity contribution in [2.45, 2.75) is 13.1 Å². The number of hydrogen-bond donors (Lipinski definition) is 0. The Bertz CT molecular complexity index is 286. The zero-order valence-corrected chi connectivity index (χ0v) is 7.01. The molecule has 1 nitrogen and oxygen atoms in total. The predicted octanol–water partition coefficient (Wildman–Crippen LogP) is 1.91. The Labute approximate surface area is 71.8 Å². The quantitative estimate of drug-likeness (QED) is 0.492. The summed E-state index contributed by atoms with van der Waals surface area (Å²) in [6.07, 6.45) is 0.490. The molecule has 0 amide bonds. The van der Waals surface area contributed by atoms with Gasteiger partial charge in [0.2, 0.25) is 0 Å². The highest BCUT2D eigenvalue weighted by atomic mass is 19.1. The first-order chi connectivity index (χ1) is 5.74. The van der Waals surface area contributed by atoms with Crippen LogP contribution in [0.25, 0.3) is 0 Å². The molecule has 0 saturated carbocycles. The number of halogens is 1. The largest absolute Gasteiger partial charge is 0.295 e. The molecule has 0 aliphatic carbocycles. The summed E-state index contributed by atoms with van der Waals surface area (Å²) in [6.45, 7) is 1.93. The first kappa shape index (κ1) is 8.98. The van der Waals surface area contributed by atoms with Crippen LogP contribution in [0.5, 0.6) is 0 Å². The molecular formula is C9H10BFO. The minimum atomic E-state index is -0.350. The Balaban J connectivity index is 2.81. The van der Waals surface area contributed by atoms with E-state index >= 15 is 0 Å². The summed E-state index contributed by atoms with van der Waals surface area (Å²) in [4.78, 5) is 11.2. The summed E-state index contributed by atoms with van der Waals surface area (Å²) < 4.78 is 12.6. The van der Waals surface area contributed by atoms with Crippen LogP contribution < -0.4 is 0 Å². The number of benzene rings is 1. The van der Waals surface area contributed by atoms with E-state index in [1.54, 1.807) is 12.1 Å². The molecule has 0 aliphatic heterocycles. The molecule has 0 aromatic heterocycles. The molecule has 3 heteroatoms. The van der Waals surface area contributed by atoms with E-state index in [9.17, 15) is 9.18 Å². The fraction of sp³-hybridized carbons (Fsp3) is 0.222. The molecule has 0 unspecified atom stereocenters. The molecule has 0 N–H and O–H groups in total. The van der Waals surface area contributed by atoms with Gasteiger partial charge in [0.05, 0.1) is 0 Å². The molecule has 1 rings (SSSR count). The van der Waals surface area contributed by atoms with Gasteiger partial charge in [-0.3, -0.25) is 4.79 Å². The van der Waals surface area contributed by atoms with Crippen molar-refractivity contribution in [2.75, 3.05) is 0 Å². The van der Waals surface area contributed by atoms with Gasteiger partial charge in [-0.1, -0.05) is 19.0 Å². The maximum absolute atomic E-state index is 12.6. The van der Waals surface area contributed by atoms with Gasteiger partial charge >= 0.3 is 0 Å². The lowest BCUT2D eigenvalue weighted by molar-refractivity contribution is 0.101. The fourth-order valence-corrected chi connectivity index (χ4v) is 1.03. The van der Waals surface area contributed by atoms with Crippen molar-refractivity contribution in [3.8, 4) is 0 Å². The molecule has 0 fully saturated rings. The van der Waals surface area contributed by atoms with Gasteiger partial charge in [-0.15, -0.1) is 0 Å². The summed E-state index contributed by atoms with van der Waals surface area (Å²) >= 11 is 0. The van der Waals surface area contributed by atoms with Crippen molar-refractivity contribution in [3.05, 3.63) is 35.6 Å². The first-order valence-electron chi connectivity index (χ1n) is 4.03. The van der Waals surface area contributed by atoms with Crippen LogP contribution in [0.3, 0.4) is 0 Å². The zero-order valence-electron chi connectivity index (χ0n) is 7.01. The molecule has 0 saturated heterocycles. The normalized spacial score (nSPS) is 9.50. The molecule has 0 aliphatic rings. The smallest absolute Gasteiger partial charge is 0.155 e. The van der Waals surface area contributed by atoms with E-state index in [0.717, 1.165) is 7.28 Å². The van der Waals surface area contributed by atoms with Crippen LogP contribution in [0.4, 0.5) is 4.39 Å². The summed E-state index contributed by atoms with van der Waals surface area (Å²) in [5.74, 6) is -0.339. The van der Waals surface area contributed by atoms with E-state index in [1.807, 2.05) is 6.82 Å². The van der Waals surface area contributed by atoms with Gasteiger partial charge < -0.3 is 0 Å². The van der Waals surface area contributed by atoms with E-state index < -0.39 is 0 Å². The lowest BCUT2D eigenvalue weighted by Crippen LogP contribution is -2.00. The fourth-order valence-electron chi connectivity index (χ4n) is 1.03. The molecule has 0 radical (unpaired) electrons. The number of Topliss-reactive ketones (excluding diaryl/α,β-unsaturated/α-hetero) is 1. The third-order valence-corrected chi connectivity index (χ3v) is 1.62. The van der Waals surface area contributed by atoms with Gasteiger partial charge in [0.25, 0.3) is 0 Å². The van der Waals surface area contributed by atoms with E-state index in [0.29, 0.717) is 11.9 Å². The van der Waals surface area contributed by atoms with Crippen LogP contribution in [0.2, 0.25) is 13.1 Å². The number of hydrogen-bond acceptors (Lipinski definition) is 1. The van der Waals surface area contributed by atoms with Crippen LogP contribution in [0.1, 0.15) is 10.4 Å². The van der Waals surface area contributed by atoms with Crippen LogP contribution in [0.15, 0.2) is 24.3 Å². The van der Waals surface area contributed by atoms with Gasteiger partial charge in [0, 0.05) is 5.56 Å². The van der Waals surface area contributed by atoms with Crippen LogP contribution in [-0.2, 0) is 0 Å². The lowest BCUT2D eigenvalue weighted by Gasteiger charge is -1.97. The summed E-state index contributed by atoms with van der Waals surface area (Å²) in [5.41, 5.74) is 0.469. The van der Waals surface area contributed by atoms with Crippen molar-refractivity contribution in [1.29, 1.82) is 0 Å². The molecule has 0 atom stereocenters. The van der Waals surface area contributed by atoms with Crippen molar-refractivity contribution in [1.82, 2.24) is 0 Å². The summed E-state index contributed by atoms with van der Waals surface area (Å²) in [7, 11) is 0.801. The summed E-state index contributed by atoms with van der Waals surface area (Å²) in [5, 5.41) is 0. The van der Waals surface area contributed by atoms with Gasteiger partial charge in [0.15, 0.2) is 5.78 Å². The van der Waals surface area contributed by atoms with Crippen LogP contribution >= 0.6 is 0 Å². The molecule has 0 bridgehead atoms. The number of carbonyl (C=O) groups excluding carboxylic acids is 1. The second kappa shape index (κ2) is 4.05. The second-order valence-electron chi connectivity index (χ2n) is 2.68. The van der Waals surface area contributed by atoms with E-state index in [4.69, 9.17) is 0 Å². The van der Waals surface area contributed by atoms with Crippen molar-refractivity contribution in [2.24, 2.45) is 0 Å². The molecule has 12 heavy (non-hydrogen) atoms. The molecular weight excluding hydrogens is 154 g/mol. The monoisotopic (exact) mass is 164 g/mol. The average Bonchev–Trinajstić information content (AvgIpc) is 2.05. The zero-order chi connectivity index (χ0) is 8.97. The third kappa shape index (κ3) is 2.19. The first-order valence-corrected chi connectivity index (χ1v) is 4.03. The van der Waals surface area contributed by atoms with E-state index in [1.165, 1.54) is 12.1 Å². The van der Waals surface area contributed by atoms with Crippen molar-refractivity contribution in [3.63, 3.8) is 0 Å². The van der Waals surface area contributed by atoms with Gasteiger partial charge in [-0.05, 0) is 18.5 Å². The Morgan fingerprint density at radius 3 is 2.92 bits per heavy atom. The minimum Gasteiger partial charge on any atom is -0.295 e. The molecule has 1 aromatic carbocycles. The average molecular weight is 164 g/mol. The Hall–Kier alpha value is -1.12. The third-order valence-electron chi connectivity index (χ3n) is 1.62. The maximum atomic E-state index is 12.6.